The molecule has 0 unspecified atom stereocenters. The molecule has 0 aliphatic rings. The Balaban J connectivity index is 2.27. The molecule has 0 bridgehead atoms. The van der Waals surface area contributed by atoms with E-state index in [1.807, 2.05) is 6.92 Å². The van der Waals surface area contributed by atoms with Crippen molar-refractivity contribution in [3.63, 3.8) is 0 Å². The van der Waals surface area contributed by atoms with Crippen LogP contribution < -0.4 is 4.72 Å². The number of nitrogens with one attached hydrogen (secondary N) is 1. The zero-order chi connectivity index (χ0) is 14.8. The highest BCUT2D eigenvalue weighted by molar-refractivity contribution is 9.10. The van der Waals surface area contributed by atoms with E-state index in [1.54, 1.807) is 24.3 Å². The summed E-state index contributed by atoms with van der Waals surface area (Å²) in [6.07, 6.45) is 0.860. The Labute approximate surface area is 126 Å². The van der Waals surface area contributed by atoms with Crippen LogP contribution in [0.1, 0.15) is 12.5 Å². The first-order valence-electron chi connectivity index (χ1n) is 6.02. The van der Waals surface area contributed by atoms with Crippen molar-refractivity contribution < 1.29 is 13.5 Å². The van der Waals surface area contributed by atoms with E-state index in [1.165, 1.54) is 18.2 Å². The Morgan fingerprint density at radius 2 is 1.80 bits per heavy atom. The van der Waals surface area contributed by atoms with Crippen molar-refractivity contribution in [2.75, 3.05) is 4.72 Å². The molecule has 20 heavy (non-hydrogen) atoms. The lowest BCUT2D eigenvalue weighted by atomic mass is 10.2. The number of hydrogen-bond acceptors (Lipinski definition) is 3. The maximum Gasteiger partial charge on any atom is 0.261 e. The fraction of sp³-hybridized carbons (Fsp3) is 0.143. The first kappa shape index (κ1) is 14.9. The van der Waals surface area contributed by atoms with Crippen LogP contribution in [0.3, 0.4) is 0 Å². The molecule has 0 radical (unpaired) electrons. The Hall–Kier alpha value is -1.53. The summed E-state index contributed by atoms with van der Waals surface area (Å²) in [5.41, 5.74) is 1.46. The molecule has 6 heteroatoms. The predicted molar refractivity (Wildman–Crippen MR) is 82.4 cm³/mol. The minimum atomic E-state index is -3.62. The van der Waals surface area contributed by atoms with E-state index >= 15 is 0 Å². The molecule has 0 spiro atoms. The molecule has 0 heterocycles. The van der Waals surface area contributed by atoms with Gasteiger partial charge in [0.05, 0.1) is 15.1 Å². The Kier molecular flexibility index (Phi) is 4.35. The van der Waals surface area contributed by atoms with Crippen molar-refractivity contribution in [1.29, 1.82) is 0 Å². The van der Waals surface area contributed by atoms with E-state index < -0.39 is 10.0 Å². The second-order valence-electron chi connectivity index (χ2n) is 4.27. The summed E-state index contributed by atoms with van der Waals surface area (Å²) >= 11 is 3.14. The maximum atomic E-state index is 12.2. The number of phenolic OH excluding ortho intramolecular Hbond substituents is 1. The molecule has 0 atom stereocenters. The van der Waals surface area contributed by atoms with Crippen molar-refractivity contribution in [2.45, 2.75) is 18.2 Å². The lowest BCUT2D eigenvalue weighted by Crippen LogP contribution is -2.12. The van der Waals surface area contributed by atoms with Crippen molar-refractivity contribution >= 4 is 31.6 Å². The van der Waals surface area contributed by atoms with Crippen LogP contribution >= 0.6 is 15.9 Å². The molecular formula is C14H14BrNO3S. The number of aromatic hydroxyl groups is 1. The zero-order valence-electron chi connectivity index (χ0n) is 10.8. The summed E-state index contributed by atoms with van der Waals surface area (Å²) in [7, 11) is -3.62. The highest BCUT2D eigenvalue weighted by Crippen LogP contribution is 2.27. The van der Waals surface area contributed by atoms with Crippen LogP contribution in [0.5, 0.6) is 5.75 Å². The maximum absolute atomic E-state index is 12.2. The van der Waals surface area contributed by atoms with E-state index in [4.69, 9.17) is 0 Å². The molecule has 0 fully saturated rings. The Bertz CT molecular complexity index is 712. The van der Waals surface area contributed by atoms with Gasteiger partial charge in [0.1, 0.15) is 5.75 Å². The molecule has 0 amide bonds. The van der Waals surface area contributed by atoms with Crippen molar-refractivity contribution in [2.24, 2.45) is 0 Å². The van der Waals surface area contributed by atoms with Gasteiger partial charge in [-0.15, -0.1) is 0 Å². The molecule has 0 saturated carbocycles. The minimum Gasteiger partial charge on any atom is -0.507 e. The highest BCUT2D eigenvalue weighted by Gasteiger charge is 2.14. The summed E-state index contributed by atoms with van der Waals surface area (Å²) in [5, 5.41) is 9.39. The third-order valence-electron chi connectivity index (χ3n) is 2.84. The third kappa shape index (κ3) is 3.32. The van der Waals surface area contributed by atoms with Gasteiger partial charge in [0.15, 0.2) is 0 Å². The normalized spacial score (nSPS) is 11.3. The fourth-order valence-corrected chi connectivity index (χ4v) is 3.12. The first-order valence-corrected chi connectivity index (χ1v) is 8.30. The van der Waals surface area contributed by atoms with Crippen molar-refractivity contribution in [3.8, 4) is 5.75 Å². The molecule has 106 valence electrons. The number of halogens is 1. The fourth-order valence-electron chi connectivity index (χ4n) is 1.69. The van der Waals surface area contributed by atoms with Crippen molar-refractivity contribution in [3.05, 3.63) is 52.5 Å². The number of sulfonamides is 1. The van der Waals surface area contributed by atoms with E-state index in [9.17, 15) is 13.5 Å². The van der Waals surface area contributed by atoms with Gasteiger partial charge in [0.2, 0.25) is 0 Å². The van der Waals surface area contributed by atoms with Gasteiger partial charge in [-0.2, -0.15) is 0 Å². The van der Waals surface area contributed by atoms with E-state index in [0.717, 1.165) is 12.0 Å². The lowest BCUT2D eigenvalue weighted by molar-refractivity contribution is 0.472. The highest BCUT2D eigenvalue weighted by atomic mass is 79.9. The lowest BCUT2D eigenvalue weighted by Gasteiger charge is -2.09. The number of aryl methyl sites for hydroxylation is 1. The molecule has 4 nitrogen and oxygen atoms in total. The number of phenols is 1. The SMILES string of the molecule is CCc1ccc(S(=O)(=O)Nc2ccc(O)c(Br)c2)cc1. The Morgan fingerprint density at radius 1 is 1.15 bits per heavy atom. The summed E-state index contributed by atoms with van der Waals surface area (Å²) in [5.74, 6) is 0.0558. The predicted octanol–water partition coefficient (Wildman–Crippen LogP) is 3.52. The second-order valence-corrected chi connectivity index (χ2v) is 6.81. The van der Waals surface area contributed by atoms with Gasteiger partial charge in [0, 0.05) is 0 Å². The number of rotatable bonds is 4. The average molecular weight is 356 g/mol. The largest absolute Gasteiger partial charge is 0.507 e. The first-order chi connectivity index (χ1) is 9.42. The van der Waals surface area contributed by atoms with E-state index in [-0.39, 0.29) is 10.6 Å². The molecule has 0 aliphatic heterocycles. The summed E-state index contributed by atoms with van der Waals surface area (Å²) in [6, 6.07) is 11.2. The molecule has 2 rings (SSSR count). The second kappa shape index (κ2) is 5.85. The topological polar surface area (TPSA) is 66.4 Å². The van der Waals surface area contributed by atoms with Crippen LogP contribution in [0.2, 0.25) is 0 Å². The third-order valence-corrected chi connectivity index (χ3v) is 4.87. The van der Waals surface area contributed by atoms with Crippen LogP contribution in [0.25, 0.3) is 0 Å². The molecule has 0 saturated heterocycles. The monoisotopic (exact) mass is 355 g/mol. The van der Waals surface area contributed by atoms with E-state index in [0.29, 0.717) is 10.2 Å². The van der Waals surface area contributed by atoms with Crippen LogP contribution in [-0.2, 0) is 16.4 Å². The number of hydrogen-bond donors (Lipinski definition) is 2. The van der Waals surface area contributed by atoms with Gasteiger partial charge in [-0.25, -0.2) is 8.42 Å². The molecule has 0 aliphatic carbocycles. The zero-order valence-corrected chi connectivity index (χ0v) is 13.2. The molecule has 2 aromatic carbocycles. The Morgan fingerprint density at radius 3 is 2.35 bits per heavy atom. The average Bonchev–Trinajstić information content (AvgIpc) is 2.43. The molecule has 0 aromatic heterocycles. The molecule has 2 aromatic rings. The quantitative estimate of drug-likeness (QED) is 0.824. The summed E-state index contributed by atoms with van der Waals surface area (Å²) in [4.78, 5) is 0.207. The minimum absolute atomic E-state index is 0.0558. The van der Waals surface area contributed by atoms with Gasteiger partial charge in [-0.3, -0.25) is 4.72 Å². The van der Waals surface area contributed by atoms with Crippen LogP contribution in [0.4, 0.5) is 5.69 Å². The van der Waals surface area contributed by atoms with Crippen LogP contribution in [-0.4, -0.2) is 13.5 Å². The van der Waals surface area contributed by atoms with Crippen molar-refractivity contribution in [1.82, 2.24) is 0 Å². The number of anilines is 1. The smallest absolute Gasteiger partial charge is 0.261 e. The van der Waals surface area contributed by atoms with Gasteiger partial charge in [0.25, 0.3) is 10.0 Å². The molecule has 2 N–H and O–H groups in total. The summed E-state index contributed by atoms with van der Waals surface area (Å²) < 4.78 is 27.3. The van der Waals surface area contributed by atoms with Crippen LogP contribution in [0, 0.1) is 0 Å². The van der Waals surface area contributed by atoms with Crippen LogP contribution in [0.15, 0.2) is 51.8 Å². The van der Waals surface area contributed by atoms with Gasteiger partial charge in [-0.1, -0.05) is 19.1 Å². The van der Waals surface area contributed by atoms with Gasteiger partial charge < -0.3 is 5.11 Å². The van der Waals surface area contributed by atoms with Gasteiger partial charge in [-0.05, 0) is 58.2 Å². The van der Waals surface area contributed by atoms with E-state index in [2.05, 4.69) is 20.7 Å². The summed E-state index contributed by atoms with van der Waals surface area (Å²) in [6.45, 7) is 2.01. The number of benzene rings is 2. The standard InChI is InChI=1S/C14H14BrNO3S/c1-2-10-3-6-12(7-4-10)20(18,19)16-11-5-8-14(17)13(15)9-11/h3-9,16-17H,2H2,1H3. The molecular weight excluding hydrogens is 342 g/mol. The van der Waals surface area contributed by atoms with Gasteiger partial charge >= 0.3 is 0 Å².